The molecule has 0 radical (unpaired) electrons. The van der Waals surface area contributed by atoms with Crippen molar-refractivity contribution >= 4 is 28.6 Å². The highest BCUT2D eigenvalue weighted by atomic mass is 35.5. The van der Waals surface area contributed by atoms with E-state index in [0.717, 1.165) is 38.3 Å². The van der Waals surface area contributed by atoms with Gasteiger partial charge in [-0.25, -0.2) is 0 Å². The molecule has 1 saturated heterocycles. The van der Waals surface area contributed by atoms with Crippen molar-refractivity contribution in [3.05, 3.63) is 51.2 Å². The van der Waals surface area contributed by atoms with Gasteiger partial charge >= 0.3 is 0 Å². The van der Waals surface area contributed by atoms with E-state index in [9.17, 15) is 0 Å². The van der Waals surface area contributed by atoms with Gasteiger partial charge in [0.1, 0.15) is 6.07 Å². The first kappa shape index (κ1) is 18.3. The molecule has 2 aromatic rings. The van der Waals surface area contributed by atoms with Gasteiger partial charge in [-0.05, 0) is 42.0 Å². The number of likely N-dealkylation sites (tertiary alicyclic amines) is 1. The Labute approximate surface area is 159 Å². The van der Waals surface area contributed by atoms with Crippen molar-refractivity contribution in [3.8, 4) is 6.07 Å². The molecule has 0 saturated carbocycles. The molecule has 0 aliphatic carbocycles. The van der Waals surface area contributed by atoms with Gasteiger partial charge in [-0.15, -0.1) is 11.3 Å². The Morgan fingerprint density at radius 3 is 2.88 bits per heavy atom. The van der Waals surface area contributed by atoms with E-state index in [1.807, 2.05) is 29.5 Å². The lowest BCUT2D eigenvalue weighted by atomic mass is 10.1. The monoisotopic (exact) mass is 373 g/mol. The Bertz CT molecular complexity index is 736. The van der Waals surface area contributed by atoms with E-state index in [1.165, 1.54) is 4.88 Å². The number of benzene rings is 1. The summed E-state index contributed by atoms with van der Waals surface area (Å²) >= 11 is 8.11. The van der Waals surface area contributed by atoms with E-state index in [1.54, 1.807) is 0 Å². The summed E-state index contributed by atoms with van der Waals surface area (Å²) in [7, 11) is 0. The van der Waals surface area contributed by atoms with Crippen LogP contribution in [0.15, 0.2) is 35.7 Å². The topological polar surface area (TPSA) is 30.3 Å². The van der Waals surface area contributed by atoms with E-state index in [-0.39, 0.29) is 0 Å². The van der Waals surface area contributed by atoms with Crippen LogP contribution in [0.3, 0.4) is 0 Å². The Morgan fingerprint density at radius 1 is 1.40 bits per heavy atom. The molecular weight excluding hydrogens is 350 g/mol. The summed E-state index contributed by atoms with van der Waals surface area (Å²) in [5.74, 6) is 0.570. The molecule has 0 bridgehead atoms. The second kappa shape index (κ2) is 8.23. The van der Waals surface area contributed by atoms with Gasteiger partial charge in [-0.2, -0.15) is 5.26 Å². The van der Waals surface area contributed by atoms with Crippen LogP contribution in [0.2, 0.25) is 5.02 Å². The molecule has 25 heavy (non-hydrogen) atoms. The number of hydrogen-bond acceptors (Lipinski definition) is 4. The predicted molar refractivity (Wildman–Crippen MR) is 106 cm³/mol. The van der Waals surface area contributed by atoms with Crippen molar-refractivity contribution in [2.75, 3.05) is 24.5 Å². The highest BCUT2D eigenvalue weighted by Crippen LogP contribution is 2.29. The largest absolute Gasteiger partial charge is 0.367 e. The van der Waals surface area contributed by atoms with Gasteiger partial charge in [0.05, 0.1) is 10.6 Å². The maximum atomic E-state index is 9.11. The molecule has 132 valence electrons. The van der Waals surface area contributed by atoms with Crippen LogP contribution in [0.25, 0.3) is 0 Å². The maximum Gasteiger partial charge on any atom is 0.101 e. The minimum absolute atomic E-state index is 0.492. The minimum Gasteiger partial charge on any atom is -0.367 e. The quantitative estimate of drug-likeness (QED) is 0.712. The number of anilines is 1. The molecule has 1 atom stereocenters. The van der Waals surface area contributed by atoms with Crippen LogP contribution in [0.4, 0.5) is 5.69 Å². The summed E-state index contributed by atoms with van der Waals surface area (Å²) in [5.41, 5.74) is 1.67. The van der Waals surface area contributed by atoms with Gasteiger partial charge in [-0.1, -0.05) is 31.5 Å². The standard InChI is InChI=1S/C20H24ClN3S/c1-15(2)12-24(17-6-5-16(11-22)20(21)10-17)18-7-8-23(13-18)14-19-4-3-9-25-19/h3-6,9-10,15,18H,7-8,12-14H2,1-2H3/t18-/m0/s1. The first-order valence-corrected chi connectivity index (χ1v) is 10.0. The molecule has 1 fully saturated rings. The molecule has 0 unspecified atom stereocenters. The maximum absolute atomic E-state index is 9.11. The zero-order valence-corrected chi connectivity index (χ0v) is 16.4. The fraction of sp³-hybridized carbons (Fsp3) is 0.450. The second-order valence-electron chi connectivity index (χ2n) is 7.08. The average Bonchev–Trinajstić information content (AvgIpc) is 3.25. The van der Waals surface area contributed by atoms with Crippen molar-refractivity contribution in [3.63, 3.8) is 0 Å². The highest BCUT2D eigenvalue weighted by Gasteiger charge is 2.28. The zero-order chi connectivity index (χ0) is 17.8. The molecule has 1 aliphatic rings. The molecule has 1 aromatic heterocycles. The van der Waals surface area contributed by atoms with Gasteiger partial charge in [-0.3, -0.25) is 4.90 Å². The third-order valence-electron chi connectivity index (χ3n) is 4.61. The van der Waals surface area contributed by atoms with Crippen LogP contribution < -0.4 is 4.90 Å². The molecular formula is C20H24ClN3S. The van der Waals surface area contributed by atoms with E-state index in [0.29, 0.717) is 22.5 Å². The summed E-state index contributed by atoms with van der Waals surface area (Å²) in [5, 5.41) is 11.8. The van der Waals surface area contributed by atoms with Crippen molar-refractivity contribution in [2.45, 2.75) is 32.9 Å². The van der Waals surface area contributed by atoms with Crippen molar-refractivity contribution in [1.29, 1.82) is 5.26 Å². The Hall–Kier alpha value is -1.54. The van der Waals surface area contributed by atoms with Crippen LogP contribution >= 0.6 is 22.9 Å². The molecule has 5 heteroatoms. The molecule has 3 nitrogen and oxygen atoms in total. The summed E-state index contributed by atoms with van der Waals surface area (Å²) in [4.78, 5) is 6.44. The zero-order valence-electron chi connectivity index (χ0n) is 14.8. The van der Waals surface area contributed by atoms with Gasteiger partial charge in [0.25, 0.3) is 0 Å². The van der Waals surface area contributed by atoms with E-state index in [2.05, 4.69) is 47.2 Å². The molecule has 0 N–H and O–H groups in total. The van der Waals surface area contributed by atoms with Crippen molar-refractivity contribution in [2.24, 2.45) is 5.92 Å². The van der Waals surface area contributed by atoms with Gasteiger partial charge < -0.3 is 4.90 Å². The van der Waals surface area contributed by atoms with Crippen LogP contribution in [-0.4, -0.2) is 30.6 Å². The van der Waals surface area contributed by atoms with Gasteiger partial charge in [0.2, 0.25) is 0 Å². The third kappa shape index (κ3) is 4.55. The lowest BCUT2D eigenvalue weighted by Gasteiger charge is -2.33. The summed E-state index contributed by atoms with van der Waals surface area (Å²) in [6, 6.07) is 12.8. The van der Waals surface area contributed by atoms with Crippen LogP contribution in [-0.2, 0) is 6.54 Å². The first-order valence-electron chi connectivity index (χ1n) is 8.78. The Kier molecular flexibility index (Phi) is 6.01. The average molecular weight is 374 g/mol. The lowest BCUT2D eigenvalue weighted by Crippen LogP contribution is -2.40. The van der Waals surface area contributed by atoms with Gasteiger partial charge in [0, 0.05) is 42.8 Å². The molecule has 0 amide bonds. The fourth-order valence-electron chi connectivity index (χ4n) is 3.47. The Balaban J connectivity index is 1.75. The molecule has 1 aliphatic heterocycles. The summed E-state index contributed by atoms with van der Waals surface area (Å²) in [6.07, 6.45) is 1.16. The third-order valence-corrected chi connectivity index (χ3v) is 5.79. The van der Waals surface area contributed by atoms with Crippen molar-refractivity contribution < 1.29 is 0 Å². The number of rotatable bonds is 6. The predicted octanol–water partition coefficient (Wildman–Crippen LogP) is 5.01. The lowest BCUT2D eigenvalue weighted by molar-refractivity contribution is 0.327. The molecule has 2 heterocycles. The van der Waals surface area contributed by atoms with Crippen LogP contribution in [0.5, 0.6) is 0 Å². The number of halogens is 1. The highest BCUT2D eigenvalue weighted by molar-refractivity contribution is 7.09. The first-order chi connectivity index (χ1) is 12.1. The fourth-order valence-corrected chi connectivity index (χ4v) is 4.43. The minimum atomic E-state index is 0.492. The van der Waals surface area contributed by atoms with Gasteiger partial charge in [0.15, 0.2) is 0 Å². The molecule has 1 aromatic carbocycles. The number of thiophene rings is 1. The molecule has 3 rings (SSSR count). The summed E-state index contributed by atoms with van der Waals surface area (Å²) in [6.45, 7) is 8.73. The number of hydrogen-bond donors (Lipinski definition) is 0. The van der Waals surface area contributed by atoms with Crippen LogP contribution in [0.1, 0.15) is 30.7 Å². The normalized spacial score (nSPS) is 17.8. The smallest absolute Gasteiger partial charge is 0.101 e. The van der Waals surface area contributed by atoms with E-state index in [4.69, 9.17) is 16.9 Å². The number of nitriles is 1. The second-order valence-corrected chi connectivity index (χ2v) is 8.52. The van der Waals surface area contributed by atoms with Crippen LogP contribution in [0, 0.1) is 17.2 Å². The van der Waals surface area contributed by atoms with E-state index >= 15 is 0 Å². The van der Waals surface area contributed by atoms with E-state index < -0.39 is 0 Å². The number of nitrogens with zero attached hydrogens (tertiary/aromatic N) is 3. The van der Waals surface area contributed by atoms with Crippen molar-refractivity contribution in [1.82, 2.24) is 4.90 Å². The summed E-state index contributed by atoms with van der Waals surface area (Å²) < 4.78 is 0. The Morgan fingerprint density at radius 2 is 2.24 bits per heavy atom. The molecule has 0 spiro atoms. The SMILES string of the molecule is CC(C)CN(c1ccc(C#N)c(Cl)c1)[C@H]1CCN(Cc2cccs2)C1.